The van der Waals surface area contributed by atoms with E-state index in [9.17, 15) is 19.8 Å². The SMILES string of the molecule is CC(C)(C)c1cc(CCCOCCNC(=O)C(=O)NCCOCCCc2cc(C(C)(C)C)c(O)c(C(C)(C)C)c2)cc(C(C)(C)C)c1O. The highest BCUT2D eigenvalue weighted by Gasteiger charge is 2.27. The second-order valence-electron chi connectivity index (χ2n) is 17.0. The number of amides is 2. The molecule has 0 aliphatic rings. The van der Waals surface area contributed by atoms with Crippen molar-refractivity contribution in [2.75, 3.05) is 39.5 Å². The summed E-state index contributed by atoms with van der Waals surface area (Å²) in [5.74, 6) is -0.616. The molecule has 2 aromatic rings. The maximum Gasteiger partial charge on any atom is 0.309 e. The van der Waals surface area contributed by atoms with Gasteiger partial charge in [-0.3, -0.25) is 9.59 Å². The summed E-state index contributed by atoms with van der Waals surface area (Å²) in [6.45, 7) is 27.5. The van der Waals surface area contributed by atoms with Crippen molar-refractivity contribution in [3.63, 3.8) is 0 Å². The van der Waals surface area contributed by atoms with Crippen molar-refractivity contribution >= 4 is 11.8 Å². The number of carbonyl (C=O) groups excluding carboxylic acids is 2. The lowest BCUT2D eigenvalue weighted by molar-refractivity contribution is -0.139. The maximum absolute atomic E-state index is 12.2. The van der Waals surface area contributed by atoms with Crippen LogP contribution in [-0.4, -0.2) is 61.5 Å². The van der Waals surface area contributed by atoms with Crippen LogP contribution in [0.25, 0.3) is 0 Å². The zero-order chi connectivity index (χ0) is 36.5. The van der Waals surface area contributed by atoms with E-state index in [-0.39, 0.29) is 34.7 Å². The fraction of sp³-hybridized carbons (Fsp3) is 0.650. The quantitative estimate of drug-likeness (QED) is 0.126. The van der Waals surface area contributed by atoms with Gasteiger partial charge >= 0.3 is 11.8 Å². The molecule has 0 radical (unpaired) electrons. The molecular formula is C40H64N2O6. The number of benzene rings is 2. The summed E-state index contributed by atoms with van der Waals surface area (Å²) in [4.78, 5) is 24.3. The van der Waals surface area contributed by atoms with Gasteiger partial charge in [-0.25, -0.2) is 0 Å². The Morgan fingerprint density at radius 2 is 0.792 bits per heavy atom. The van der Waals surface area contributed by atoms with Crippen LogP contribution in [0.15, 0.2) is 24.3 Å². The molecule has 0 aliphatic carbocycles. The number of phenols is 2. The van der Waals surface area contributed by atoms with Crippen LogP contribution < -0.4 is 10.6 Å². The fourth-order valence-corrected chi connectivity index (χ4v) is 5.56. The molecule has 0 heterocycles. The van der Waals surface area contributed by atoms with Gasteiger partial charge in [0.1, 0.15) is 11.5 Å². The highest BCUT2D eigenvalue weighted by Crippen LogP contribution is 2.41. The molecule has 8 nitrogen and oxygen atoms in total. The zero-order valence-electron chi connectivity index (χ0n) is 31.9. The summed E-state index contributed by atoms with van der Waals surface area (Å²) in [6, 6.07) is 8.38. The summed E-state index contributed by atoms with van der Waals surface area (Å²) in [5, 5.41) is 27.0. The van der Waals surface area contributed by atoms with Crippen molar-refractivity contribution in [1.29, 1.82) is 0 Å². The van der Waals surface area contributed by atoms with Gasteiger partial charge in [0, 0.05) is 26.3 Å². The molecule has 270 valence electrons. The first-order chi connectivity index (χ1) is 22.0. The predicted octanol–water partition coefficient (Wildman–Crippen LogP) is 7.12. The van der Waals surface area contributed by atoms with Crippen LogP contribution in [0.2, 0.25) is 0 Å². The molecule has 0 atom stereocenters. The van der Waals surface area contributed by atoms with Crippen LogP contribution in [0.3, 0.4) is 0 Å². The van der Waals surface area contributed by atoms with E-state index in [4.69, 9.17) is 9.47 Å². The van der Waals surface area contributed by atoms with Gasteiger partial charge < -0.3 is 30.3 Å². The van der Waals surface area contributed by atoms with Gasteiger partial charge in [0.25, 0.3) is 0 Å². The van der Waals surface area contributed by atoms with E-state index >= 15 is 0 Å². The van der Waals surface area contributed by atoms with E-state index in [2.05, 4.69) is 118 Å². The number of carbonyl (C=O) groups is 2. The van der Waals surface area contributed by atoms with Crippen molar-refractivity contribution in [3.8, 4) is 11.5 Å². The Balaban J connectivity index is 1.65. The number of rotatable bonds is 14. The Bertz CT molecular complexity index is 1190. The molecular weight excluding hydrogens is 604 g/mol. The normalized spacial score (nSPS) is 12.7. The third-order valence-electron chi connectivity index (χ3n) is 8.35. The van der Waals surface area contributed by atoms with Gasteiger partial charge in [0.15, 0.2) is 0 Å². The average molecular weight is 669 g/mol. The molecule has 0 fully saturated rings. The molecule has 0 spiro atoms. The number of ether oxygens (including phenoxy) is 2. The van der Waals surface area contributed by atoms with Crippen LogP contribution in [0.1, 0.15) is 129 Å². The van der Waals surface area contributed by atoms with Crippen LogP contribution >= 0.6 is 0 Å². The monoisotopic (exact) mass is 668 g/mol. The van der Waals surface area contributed by atoms with Gasteiger partial charge in [-0.1, -0.05) is 107 Å². The topological polar surface area (TPSA) is 117 Å². The smallest absolute Gasteiger partial charge is 0.309 e. The molecule has 0 saturated carbocycles. The third-order valence-corrected chi connectivity index (χ3v) is 8.35. The number of hydrogen-bond acceptors (Lipinski definition) is 6. The van der Waals surface area contributed by atoms with Crippen molar-refractivity contribution in [1.82, 2.24) is 10.6 Å². The minimum absolute atomic E-state index is 0.169. The molecule has 48 heavy (non-hydrogen) atoms. The van der Waals surface area contributed by atoms with Crippen LogP contribution in [-0.2, 0) is 53.6 Å². The van der Waals surface area contributed by atoms with E-state index in [1.165, 1.54) is 11.1 Å². The average Bonchev–Trinajstić information content (AvgIpc) is 2.94. The lowest BCUT2D eigenvalue weighted by atomic mass is 9.78. The third kappa shape index (κ3) is 12.7. The van der Waals surface area contributed by atoms with Crippen molar-refractivity contribution < 1.29 is 29.3 Å². The Labute approximate surface area is 290 Å². The second-order valence-corrected chi connectivity index (χ2v) is 17.0. The first kappa shape index (κ1) is 41.1. The van der Waals surface area contributed by atoms with Crippen molar-refractivity contribution in [2.45, 2.75) is 130 Å². The first-order valence-electron chi connectivity index (χ1n) is 17.5. The number of phenolic OH excluding ortho intramolecular Hbond substituents is 2. The van der Waals surface area contributed by atoms with E-state index in [0.717, 1.165) is 47.9 Å². The van der Waals surface area contributed by atoms with Gasteiger partial charge in [0.05, 0.1) is 13.2 Å². The zero-order valence-corrected chi connectivity index (χ0v) is 31.9. The molecule has 2 aromatic carbocycles. The van der Waals surface area contributed by atoms with Gasteiger partial charge in [-0.2, -0.15) is 0 Å². The largest absolute Gasteiger partial charge is 0.507 e. The highest BCUT2D eigenvalue weighted by atomic mass is 16.5. The number of nitrogens with one attached hydrogen (secondary N) is 2. The van der Waals surface area contributed by atoms with Crippen molar-refractivity contribution in [2.24, 2.45) is 0 Å². The molecule has 0 aromatic heterocycles. The molecule has 0 bridgehead atoms. The molecule has 8 heteroatoms. The Hall–Kier alpha value is -3.10. The molecule has 0 aliphatic heterocycles. The second kappa shape index (κ2) is 17.0. The number of aryl methyl sites for hydroxylation is 2. The summed E-state index contributed by atoms with van der Waals surface area (Å²) in [6.07, 6.45) is 3.24. The molecule has 2 amide bonds. The maximum atomic E-state index is 12.2. The van der Waals surface area contributed by atoms with Crippen LogP contribution in [0.4, 0.5) is 0 Å². The van der Waals surface area contributed by atoms with E-state index < -0.39 is 11.8 Å². The minimum Gasteiger partial charge on any atom is -0.507 e. The molecule has 4 N–H and O–H groups in total. The van der Waals surface area contributed by atoms with E-state index in [0.29, 0.717) is 37.9 Å². The van der Waals surface area contributed by atoms with E-state index in [1.807, 2.05) is 0 Å². The van der Waals surface area contributed by atoms with Crippen molar-refractivity contribution in [3.05, 3.63) is 57.6 Å². The number of hydrogen-bond donors (Lipinski definition) is 4. The summed E-state index contributed by atoms with van der Waals surface area (Å²) in [7, 11) is 0. The fourth-order valence-electron chi connectivity index (χ4n) is 5.56. The van der Waals surface area contributed by atoms with Crippen LogP contribution in [0.5, 0.6) is 11.5 Å². The first-order valence-corrected chi connectivity index (χ1v) is 17.5. The lowest BCUT2D eigenvalue weighted by Crippen LogP contribution is -2.42. The summed E-state index contributed by atoms with van der Waals surface area (Å²) in [5.41, 5.74) is 5.47. The Kier molecular flexibility index (Phi) is 14.6. The Morgan fingerprint density at radius 3 is 1.04 bits per heavy atom. The molecule has 0 saturated heterocycles. The molecule has 2 rings (SSSR count). The Morgan fingerprint density at radius 1 is 0.521 bits per heavy atom. The molecule has 0 unspecified atom stereocenters. The minimum atomic E-state index is -0.691. The number of aromatic hydroxyl groups is 2. The predicted molar refractivity (Wildman–Crippen MR) is 195 cm³/mol. The van der Waals surface area contributed by atoms with Crippen LogP contribution in [0, 0.1) is 0 Å². The lowest BCUT2D eigenvalue weighted by Gasteiger charge is -2.28. The standard InChI is InChI=1S/C40H64N2O6/c1-37(2,3)29-23-27(24-30(33(29)43)38(4,5)6)15-13-19-47-21-17-41-35(45)36(46)42-18-22-48-20-14-16-28-25-31(39(7,8)9)34(44)32(26-28)40(10,11)12/h23-26,43-44H,13-22H2,1-12H3,(H,41,45)(H,42,46). The van der Waals surface area contributed by atoms with Gasteiger partial charge in [-0.15, -0.1) is 0 Å². The summed E-state index contributed by atoms with van der Waals surface area (Å²) < 4.78 is 11.4. The summed E-state index contributed by atoms with van der Waals surface area (Å²) >= 11 is 0. The van der Waals surface area contributed by atoms with E-state index in [1.54, 1.807) is 0 Å². The highest BCUT2D eigenvalue weighted by molar-refractivity contribution is 6.35. The van der Waals surface area contributed by atoms with Gasteiger partial charge in [0.2, 0.25) is 0 Å². The van der Waals surface area contributed by atoms with Gasteiger partial charge in [-0.05, 0) is 80.7 Å².